The highest BCUT2D eigenvalue weighted by Gasteiger charge is 2.45. The van der Waals surface area contributed by atoms with Crippen molar-refractivity contribution in [2.75, 3.05) is 6.61 Å². The molecule has 1 atom stereocenters. The Morgan fingerprint density at radius 3 is 2.50 bits per heavy atom. The Kier molecular flexibility index (Phi) is 6.97. The molecule has 0 N–H and O–H groups in total. The summed E-state index contributed by atoms with van der Waals surface area (Å²) in [7, 11) is 0. The van der Waals surface area contributed by atoms with E-state index in [0.717, 1.165) is 20.4 Å². The highest BCUT2D eigenvalue weighted by molar-refractivity contribution is 14.1. The second-order valence-corrected chi connectivity index (χ2v) is 10.2. The van der Waals surface area contributed by atoms with Crippen molar-refractivity contribution in [3.05, 3.63) is 63.2 Å². The van der Waals surface area contributed by atoms with Gasteiger partial charge < -0.3 is 14.2 Å². The molecule has 1 fully saturated rings. The van der Waals surface area contributed by atoms with E-state index in [9.17, 15) is 4.79 Å². The van der Waals surface area contributed by atoms with E-state index < -0.39 is 11.3 Å². The lowest BCUT2D eigenvalue weighted by molar-refractivity contribution is -0.0624. The van der Waals surface area contributed by atoms with Crippen LogP contribution in [0.25, 0.3) is 0 Å². The summed E-state index contributed by atoms with van der Waals surface area (Å²) in [5.74, 6) is 0.857. The first-order chi connectivity index (χ1) is 14.0. The smallest absolute Gasteiger partial charge is 0.412 e. The Balaban J connectivity index is 1.68. The normalized spacial score (nSPS) is 18.3. The van der Waals surface area contributed by atoms with Crippen LogP contribution in [0, 0.1) is 3.57 Å². The number of benzene rings is 2. The Morgan fingerprint density at radius 1 is 1.17 bits per heavy atom. The molecule has 2 aromatic carbocycles. The van der Waals surface area contributed by atoms with E-state index in [1.807, 2.05) is 71.0 Å². The molecule has 1 aliphatic heterocycles. The largest absolute Gasteiger partial charge is 0.488 e. The quantitative estimate of drug-likeness (QED) is 0.466. The fourth-order valence-electron chi connectivity index (χ4n) is 3.51. The van der Waals surface area contributed by atoms with Crippen LogP contribution >= 0.6 is 22.6 Å². The van der Waals surface area contributed by atoms with Gasteiger partial charge in [0.1, 0.15) is 23.7 Å². The second kappa shape index (κ2) is 9.14. The van der Waals surface area contributed by atoms with Crippen LogP contribution in [0.1, 0.15) is 45.7 Å². The lowest BCUT2D eigenvalue weighted by Crippen LogP contribution is -2.50. The SMILES string of the molecule is CC(C)(C)OC(=O)N1[C@@H](Cc2ccc(OCc3ccccc3)c(I)c2)COC1(C)C. The van der Waals surface area contributed by atoms with Gasteiger partial charge in [-0.2, -0.15) is 0 Å². The van der Waals surface area contributed by atoms with Crippen LogP contribution in [0.2, 0.25) is 0 Å². The van der Waals surface area contributed by atoms with Crippen molar-refractivity contribution in [3.8, 4) is 5.75 Å². The number of halogens is 1. The number of carbonyl (C=O) groups excluding carboxylic acids is 1. The van der Waals surface area contributed by atoms with Gasteiger partial charge in [-0.15, -0.1) is 0 Å². The molecule has 0 bridgehead atoms. The fourth-order valence-corrected chi connectivity index (χ4v) is 4.25. The van der Waals surface area contributed by atoms with Crippen molar-refractivity contribution in [1.29, 1.82) is 0 Å². The fraction of sp³-hybridized carbons (Fsp3) is 0.458. The predicted octanol–water partition coefficient (Wildman–Crippen LogP) is 5.78. The average molecular weight is 523 g/mol. The summed E-state index contributed by atoms with van der Waals surface area (Å²) in [6, 6.07) is 16.2. The molecule has 0 spiro atoms. The minimum Gasteiger partial charge on any atom is -0.488 e. The van der Waals surface area contributed by atoms with Gasteiger partial charge in [-0.05, 0) is 86.9 Å². The summed E-state index contributed by atoms with van der Waals surface area (Å²) >= 11 is 2.30. The molecule has 2 aromatic rings. The van der Waals surface area contributed by atoms with E-state index in [1.165, 1.54) is 0 Å². The van der Waals surface area contributed by atoms with Crippen LogP contribution in [0.5, 0.6) is 5.75 Å². The molecule has 1 amide bonds. The molecule has 0 aliphatic carbocycles. The maximum atomic E-state index is 12.8. The van der Waals surface area contributed by atoms with Crippen LogP contribution in [0.4, 0.5) is 4.79 Å². The number of ether oxygens (including phenoxy) is 3. The summed E-state index contributed by atoms with van der Waals surface area (Å²) in [6.07, 6.45) is 0.352. The van der Waals surface area contributed by atoms with Gasteiger partial charge >= 0.3 is 6.09 Å². The van der Waals surface area contributed by atoms with Gasteiger partial charge in [-0.3, -0.25) is 4.90 Å². The minimum atomic E-state index is -0.696. The zero-order chi connectivity index (χ0) is 21.9. The molecule has 1 aliphatic rings. The van der Waals surface area contributed by atoms with Gasteiger partial charge in [-0.25, -0.2) is 4.79 Å². The molecule has 1 saturated heterocycles. The van der Waals surface area contributed by atoms with Crippen molar-refractivity contribution in [3.63, 3.8) is 0 Å². The molecule has 0 radical (unpaired) electrons. The van der Waals surface area contributed by atoms with Crippen molar-refractivity contribution in [1.82, 2.24) is 4.90 Å². The summed E-state index contributed by atoms with van der Waals surface area (Å²) in [5, 5.41) is 0. The van der Waals surface area contributed by atoms with Gasteiger partial charge in [0.2, 0.25) is 0 Å². The predicted molar refractivity (Wildman–Crippen MR) is 126 cm³/mol. The van der Waals surface area contributed by atoms with E-state index in [-0.39, 0.29) is 12.1 Å². The Labute approximate surface area is 192 Å². The monoisotopic (exact) mass is 523 g/mol. The van der Waals surface area contributed by atoms with Crippen molar-refractivity contribution < 1.29 is 19.0 Å². The average Bonchev–Trinajstić information content (AvgIpc) is 2.94. The number of amides is 1. The third-order valence-electron chi connectivity index (χ3n) is 4.87. The second-order valence-electron chi connectivity index (χ2n) is 9.01. The van der Waals surface area contributed by atoms with Crippen molar-refractivity contribution in [2.24, 2.45) is 0 Å². The van der Waals surface area contributed by atoms with E-state index in [4.69, 9.17) is 14.2 Å². The summed E-state index contributed by atoms with van der Waals surface area (Å²) in [4.78, 5) is 14.5. The zero-order valence-electron chi connectivity index (χ0n) is 18.3. The first-order valence-corrected chi connectivity index (χ1v) is 11.2. The van der Waals surface area contributed by atoms with E-state index in [0.29, 0.717) is 19.6 Å². The number of nitrogens with zero attached hydrogens (tertiary/aromatic N) is 1. The summed E-state index contributed by atoms with van der Waals surface area (Å²) < 4.78 is 18.6. The molecule has 5 nitrogen and oxygen atoms in total. The number of rotatable bonds is 5. The first kappa shape index (κ1) is 22.9. The highest BCUT2D eigenvalue weighted by atomic mass is 127. The van der Waals surface area contributed by atoms with Crippen LogP contribution in [-0.4, -0.2) is 35.0 Å². The van der Waals surface area contributed by atoms with Crippen molar-refractivity contribution in [2.45, 2.75) is 65.0 Å². The van der Waals surface area contributed by atoms with Gasteiger partial charge in [0, 0.05) is 0 Å². The lowest BCUT2D eigenvalue weighted by Gasteiger charge is -2.35. The standard InChI is InChI=1S/C24H30INO4/c1-23(2,3)30-22(27)26-19(16-29-24(26,4)5)13-18-11-12-21(20(25)14-18)28-15-17-9-7-6-8-10-17/h6-12,14,19H,13,15-16H2,1-5H3/t19-/m0/s1. The molecule has 0 aromatic heterocycles. The molecule has 162 valence electrons. The van der Waals surface area contributed by atoms with Crippen molar-refractivity contribution >= 4 is 28.7 Å². The first-order valence-electron chi connectivity index (χ1n) is 10.2. The van der Waals surface area contributed by atoms with Gasteiger partial charge in [0.05, 0.1) is 16.2 Å². The zero-order valence-corrected chi connectivity index (χ0v) is 20.4. The van der Waals surface area contributed by atoms with E-state index >= 15 is 0 Å². The molecule has 3 rings (SSSR count). The highest BCUT2D eigenvalue weighted by Crippen LogP contribution is 2.32. The molecule has 30 heavy (non-hydrogen) atoms. The molecule has 1 heterocycles. The third kappa shape index (κ3) is 5.88. The third-order valence-corrected chi connectivity index (χ3v) is 5.71. The van der Waals surface area contributed by atoms with Crippen LogP contribution < -0.4 is 4.74 Å². The molecule has 6 heteroatoms. The minimum absolute atomic E-state index is 0.0817. The Bertz CT molecular complexity index is 877. The van der Waals surface area contributed by atoms with E-state index in [2.05, 4.69) is 34.7 Å². The van der Waals surface area contributed by atoms with Gasteiger partial charge in [-0.1, -0.05) is 36.4 Å². The van der Waals surface area contributed by atoms with Crippen LogP contribution in [0.15, 0.2) is 48.5 Å². The Morgan fingerprint density at radius 2 is 1.87 bits per heavy atom. The molecular formula is C24H30INO4. The molecular weight excluding hydrogens is 493 g/mol. The maximum absolute atomic E-state index is 12.8. The molecule has 0 saturated carbocycles. The van der Waals surface area contributed by atoms with Crippen LogP contribution in [0.3, 0.4) is 0 Å². The number of hydrogen-bond acceptors (Lipinski definition) is 4. The number of hydrogen-bond donors (Lipinski definition) is 0. The van der Waals surface area contributed by atoms with Crippen LogP contribution in [-0.2, 0) is 22.5 Å². The maximum Gasteiger partial charge on any atom is 0.412 e. The van der Waals surface area contributed by atoms with Gasteiger partial charge in [0.25, 0.3) is 0 Å². The van der Waals surface area contributed by atoms with E-state index in [1.54, 1.807) is 4.90 Å². The molecule has 0 unspecified atom stereocenters. The lowest BCUT2D eigenvalue weighted by atomic mass is 10.0. The summed E-state index contributed by atoms with van der Waals surface area (Å²) in [5.41, 5.74) is 1.02. The van der Waals surface area contributed by atoms with Gasteiger partial charge in [0.15, 0.2) is 0 Å². The Hall–Kier alpha value is -1.80. The topological polar surface area (TPSA) is 48.0 Å². The summed E-state index contributed by atoms with van der Waals surface area (Å²) in [6.45, 7) is 10.5. The number of carbonyl (C=O) groups is 1.